The second-order valence-electron chi connectivity index (χ2n) is 9.61. The number of hydrogen-bond acceptors (Lipinski definition) is 7. The van der Waals surface area contributed by atoms with Crippen LogP contribution < -0.4 is 9.47 Å². The number of nitriles is 2. The van der Waals surface area contributed by atoms with Crippen LogP contribution in [-0.2, 0) is 17.4 Å². The summed E-state index contributed by atoms with van der Waals surface area (Å²) in [6, 6.07) is 14.2. The average molecular weight is 490 g/mol. The van der Waals surface area contributed by atoms with Gasteiger partial charge in [0.05, 0.1) is 36.4 Å². The zero-order valence-electron chi connectivity index (χ0n) is 21.1. The van der Waals surface area contributed by atoms with E-state index in [1.807, 2.05) is 19.1 Å². The number of aryl methyl sites for hydroxylation is 1. The minimum Gasteiger partial charge on any atom is -0.450 e. The summed E-state index contributed by atoms with van der Waals surface area (Å²) in [6.45, 7) is 13.9. The van der Waals surface area contributed by atoms with Crippen LogP contribution in [0.4, 0.5) is 0 Å². The lowest BCUT2D eigenvalue weighted by atomic mass is 10.1. The molecule has 0 bridgehead atoms. The molecule has 0 saturated carbocycles. The largest absolute Gasteiger partial charge is 0.450 e. The number of rotatable bonds is 9. The first-order chi connectivity index (χ1) is 16.6. The van der Waals surface area contributed by atoms with Crippen LogP contribution in [0.3, 0.4) is 0 Å². The molecule has 0 N–H and O–H groups in total. The Labute approximate surface area is 207 Å². The molecule has 8 nitrogen and oxygen atoms in total. The van der Waals surface area contributed by atoms with Crippen molar-refractivity contribution < 1.29 is 13.9 Å². The van der Waals surface area contributed by atoms with Gasteiger partial charge < -0.3 is 13.9 Å². The van der Waals surface area contributed by atoms with Crippen LogP contribution in [0.25, 0.3) is 0 Å². The second kappa shape index (κ2) is 10.7. The Morgan fingerprint density at radius 3 is 2.26 bits per heavy atom. The quantitative estimate of drug-likeness (QED) is 0.330. The maximum absolute atomic E-state index is 9.35. The van der Waals surface area contributed by atoms with E-state index in [2.05, 4.69) is 51.0 Å². The molecule has 35 heavy (non-hydrogen) atoms. The fourth-order valence-electron chi connectivity index (χ4n) is 3.08. The molecule has 3 aromatic rings. The molecule has 1 aromatic carbocycles. The molecule has 0 radical (unpaired) electrons. The first kappa shape index (κ1) is 26.0. The van der Waals surface area contributed by atoms with E-state index in [1.54, 1.807) is 29.1 Å². The van der Waals surface area contributed by atoms with Crippen molar-refractivity contribution in [3.8, 4) is 35.4 Å². The Bertz CT molecular complexity index is 1220. The highest BCUT2D eigenvalue weighted by Gasteiger charge is 2.37. The summed E-state index contributed by atoms with van der Waals surface area (Å²) in [5.41, 5.74) is 1.35. The molecule has 0 unspecified atom stereocenters. The fourth-order valence-corrected chi connectivity index (χ4v) is 4.11. The molecule has 0 aliphatic heterocycles. The molecule has 3 rings (SSSR count). The molecule has 0 atom stereocenters. The van der Waals surface area contributed by atoms with Crippen molar-refractivity contribution in [2.45, 2.75) is 58.8 Å². The van der Waals surface area contributed by atoms with Gasteiger partial charge in [-0.15, -0.1) is 0 Å². The van der Waals surface area contributed by atoms with Gasteiger partial charge in [0.1, 0.15) is 11.4 Å². The van der Waals surface area contributed by atoms with Gasteiger partial charge in [-0.3, -0.25) is 0 Å². The molecular formula is C26H31N5O3Si. The first-order valence-corrected chi connectivity index (χ1v) is 14.4. The zero-order valence-corrected chi connectivity index (χ0v) is 22.1. The molecular weight excluding hydrogens is 458 g/mol. The van der Waals surface area contributed by atoms with Crippen LogP contribution in [0.2, 0.25) is 18.1 Å². The van der Waals surface area contributed by atoms with E-state index in [1.165, 1.54) is 6.07 Å². The van der Waals surface area contributed by atoms with Crippen molar-refractivity contribution in [3.05, 3.63) is 59.4 Å². The SMILES string of the molecule is CCc1nn(CCO[Si](C)(C)C(C)(C)C)c(Oc2ccccn2)c1Oc1cc(C#N)cc(C#N)c1. The summed E-state index contributed by atoms with van der Waals surface area (Å²) in [7, 11) is -1.93. The molecule has 182 valence electrons. The predicted molar refractivity (Wildman–Crippen MR) is 135 cm³/mol. The molecule has 0 fully saturated rings. The third-order valence-corrected chi connectivity index (χ3v) is 10.6. The highest BCUT2D eigenvalue weighted by Crippen LogP contribution is 2.39. The Morgan fingerprint density at radius 2 is 1.71 bits per heavy atom. The van der Waals surface area contributed by atoms with Crippen molar-refractivity contribution in [1.82, 2.24) is 14.8 Å². The van der Waals surface area contributed by atoms with Gasteiger partial charge in [0, 0.05) is 12.3 Å². The number of hydrogen-bond donors (Lipinski definition) is 0. The first-order valence-electron chi connectivity index (χ1n) is 11.5. The maximum Gasteiger partial charge on any atom is 0.263 e. The normalized spacial score (nSPS) is 11.5. The van der Waals surface area contributed by atoms with E-state index < -0.39 is 8.32 Å². The van der Waals surface area contributed by atoms with Crippen LogP contribution >= 0.6 is 0 Å². The monoisotopic (exact) mass is 489 g/mol. The second-order valence-corrected chi connectivity index (χ2v) is 14.4. The minimum atomic E-state index is -1.93. The highest BCUT2D eigenvalue weighted by atomic mass is 28.4. The number of pyridine rings is 1. The van der Waals surface area contributed by atoms with Gasteiger partial charge in [0.25, 0.3) is 5.88 Å². The van der Waals surface area contributed by atoms with E-state index in [-0.39, 0.29) is 5.04 Å². The summed E-state index contributed by atoms with van der Waals surface area (Å²) in [6.07, 6.45) is 2.24. The molecule has 2 heterocycles. The maximum atomic E-state index is 9.35. The molecule has 0 aliphatic carbocycles. The van der Waals surface area contributed by atoms with Crippen LogP contribution in [0.1, 0.15) is 44.5 Å². The smallest absolute Gasteiger partial charge is 0.263 e. The Morgan fingerprint density at radius 1 is 1.03 bits per heavy atom. The third-order valence-electron chi connectivity index (χ3n) is 6.06. The summed E-state index contributed by atoms with van der Waals surface area (Å²) >= 11 is 0. The number of aromatic nitrogens is 3. The van der Waals surface area contributed by atoms with Gasteiger partial charge in [0.15, 0.2) is 8.32 Å². The lowest BCUT2D eigenvalue weighted by Gasteiger charge is -2.36. The number of nitrogens with zero attached hydrogens (tertiary/aromatic N) is 5. The number of ether oxygens (including phenoxy) is 2. The van der Waals surface area contributed by atoms with Crippen LogP contribution in [-0.4, -0.2) is 29.7 Å². The van der Waals surface area contributed by atoms with Crippen molar-refractivity contribution in [3.63, 3.8) is 0 Å². The minimum absolute atomic E-state index is 0.0947. The molecule has 0 aliphatic rings. The Hall–Kier alpha value is -3.66. The van der Waals surface area contributed by atoms with E-state index >= 15 is 0 Å². The van der Waals surface area contributed by atoms with Gasteiger partial charge in [-0.1, -0.05) is 33.8 Å². The van der Waals surface area contributed by atoms with Crippen molar-refractivity contribution >= 4 is 8.32 Å². The summed E-state index contributed by atoms with van der Waals surface area (Å²) in [4.78, 5) is 4.28. The lowest BCUT2D eigenvalue weighted by Crippen LogP contribution is -2.41. The standard InChI is InChI=1S/C26H31N5O3Si/c1-7-22-24(33-21-15-19(17-27)14-20(16-21)18-28)25(34-23-10-8-9-11-29-23)31(30-22)12-13-32-35(5,6)26(2,3)4/h8-11,14-16H,7,12-13H2,1-6H3. The molecule has 0 spiro atoms. The molecule has 0 amide bonds. The van der Waals surface area contributed by atoms with Gasteiger partial charge >= 0.3 is 0 Å². The van der Waals surface area contributed by atoms with Crippen molar-refractivity contribution in [2.75, 3.05) is 6.61 Å². The van der Waals surface area contributed by atoms with E-state index in [9.17, 15) is 10.5 Å². The van der Waals surface area contributed by atoms with Crippen LogP contribution in [0.5, 0.6) is 23.3 Å². The summed E-state index contributed by atoms with van der Waals surface area (Å²) in [5.74, 6) is 1.57. The molecule has 0 saturated heterocycles. The lowest BCUT2D eigenvalue weighted by molar-refractivity contribution is 0.256. The fraction of sp³-hybridized carbons (Fsp3) is 0.385. The van der Waals surface area contributed by atoms with E-state index in [4.69, 9.17) is 19.0 Å². The van der Waals surface area contributed by atoms with Crippen LogP contribution in [0, 0.1) is 22.7 Å². The third kappa shape index (κ3) is 6.27. The topological polar surface area (TPSA) is 106 Å². The molecule has 2 aromatic heterocycles. The van der Waals surface area contributed by atoms with Crippen molar-refractivity contribution in [2.24, 2.45) is 0 Å². The highest BCUT2D eigenvalue weighted by molar-refractivity contribution is 6.74. The summed E-state index contributed by atoms with van der Waals surface area (Å²) < 4.78 is 20.4. The Kier molecular flexibility index (Phi) is 7.95. The van der Waals surface area contributed by atoms with Gasteiger partial charge in [-0.2, -0.15) is 15.6 Å². The van der Waals surface area contributed by atoms with Crippen LogP contribution in [0.15, 0.2) is 42.6 Å². The van der Waals surface area contributed by atoms with E-state index in [0.29, 0.717) is 59.7 Å². The number of benzene rings is 1. The van der Waals surface area contributed by atoms with Gasteiger partial charge in [0.2, 0.25) is 11.6 Å². The van der Waals surface area contributed by atoms with E-state index in [0.717, 1.165) is 0 Å². The Balaban J connectivity index is 1.99. The average Bonchev–Trinajstić information content (AvgIpc) is 3.14. The van der Waals surface area contributed by atoms with Crippen molar-refractivity contribution in [1.29, 1.82) is 10.5 Å². The van der Waals surface area contributed by atoms with Gasteiger partial charge in [-0.25, -0.2) is 9.67 Å². The zero-order chi connectivity index (χ0) is 25.6. The molecule has 9 heteroatoms. The van der Waals surface area contributed by atoms with Gasteiger partial charge in [-0.05, 0) is 48.8 Å². The summed E-state index contributed by atoms with van der Waals surface area (Å²) in [5, 5.41) is 23.5. The predicted octanol–water partition coefficient (Wildman–Crippen LogP) is 6.19.